The third-order valence-corrected chi connectivity index (χ3v) is 4.08. The first-order valence-electron chi connectivity index (χ1n) is 3.68. The van der Waals surface area contributed by atoms with Gasteiger partial charge in [-0.05, 0) is 19.4 Å². The number of hydrogen-bond acceptors (Lipinski definition) is 1. The second kappa shape index (κ2) is 3.85. The van der Waals surface area contributed by atoms with Gasteiger partial charge in [-0.3, -0.25) is 0 Å². The minimum atomic E-state index is -0.807. The summed E-state index contributed by atoms with van der Waals surface area (Å²) >= 11 is 0. The van der Waals surface area contributed by atoms with E-state index >= 15 is 0 Å². The van der Waals surface area contributed by atoms with E-state index in [4.69, 9.17) is 4.43 Å². The lowest BCUT2D eigenvalue weighted by atomic mass is 10.4. The highest BCUT2D eigenvalue weighted by Gasteiger charge is 2.11. The Bertz CT molecular complexity index is 95.1. The van der Waals surface area contributed by atoms with Gasteiger partial charge in [-0.2, -0.15) is 0 Å². The molecule has 1 nitrogen and oxygen atoms in total. The summed E-state index contributed by atoms with van der Waals surface area (Å²) in [7, 11) is -0.807. The van der Waals surface area contributed by atoms with E-state index in [2.05, 4.69) is 18.7 Å². The first-order valence-corrected chi connectivity index (χ1v) is 5.63. The summed E-state index contributed by atoms with van der Waals surface area (Å²) in [5.41, 5.74) is 2.28. The van der Waals surface area contributed by atoms with Crippen molar-refractivity contribution in [2.24, 2.45) is 0 Å². The third kappa shape index (κ3) is 2.33. The SMILES string of the molecule is CC=C[SiH]1CCCCO1. The van der Waals surface area contributed by atoms with Gasteiger partial charge in [0.15, 0.2) is 0 Å². The van der Waals surface area contributed by atoms with Crippen LogP contribution in [0, 0.1) is 0 Å². The highest BCUT2D eigenvalue weighted by molar-refractivity contribution is 6.57. The van der Waals surface area contributed by atoms with Crippen LogP contribution in [0.2, 0.25) is 6.04 Å². The van der Waals surface area contributed by atoms with Crippen LogP contribution in [0.4, 0.5) is 0 Å². The lowest BCUT2D eigenvalue weighted by Gasteiger charge is -2.17. The Morgan fingerprint density at radius 2 is 2.33 bits per heavy atom. The standard InChI is InChI=1S/C7H14OSi/c1-2-6-9-7-4-3-5-8-9/h2,6,9H,3-5,7H2,1H3. The molecular formula is C7H14OSi. The normalized spacial score (nSPS) is 29.2. The number of rotatable bonds is 1. The molecule has 1 aliphatic rings. The van der Waals surface area contributed by atoms with Crippen molar-refractivity contribution in [3.8, 4) is 0 Å². The topological polar surface area (TPSA) is 9.23 Å². The molecule has 0 aromatic rings. The summed E-state index contributed by atoms with van der Waals surface area (Å²) in [6.45, 7) is 3.09. The van der Waals surface area contributed by atoms with Gasteiger partial charge in [0, 0.05) is 6.61 Å². The van der Waals surface area contributed by atoms with Crippen molar-refractivity contribution in [1.82, 2.24) is 0 Å². The zero-order chi connectivity index (χ0) is 6.53. The maximum atomic E-state index is 5.57. The van der Waals surface area contributed by atoms with Gasteiger partial charge in [0.05, 0.1) is 0 Å². The van der Waals surface area contributed by atoms with Gasteiger partial charge in [0.1, 0.15) is 0 Å². The van der Waals surface area contributed by atoms with Crippen LogP contribution in [-0.2, 0) is 4.43 Å². The van der Waals surface area contributed by atoms with Crippen LogP contribution in [0.25, 0.3) is 0 Å². The zero-order valence-electron chi connectivity index (χ0n) is 5.97. The van der Waals surface area contributed by atoms with E-state index in [1.165, 1.54) is 18.9 Å². The summed E-state index contributed by atoms with van der Waals surface area (Å²) in [6.07, 6.45) is 4.80. The van der Waals surface area contributed by atoms with E-state index in [1.807, 2.05) is 0 Å². The minimum Gasteiger partial charge on any atom is -0.416 e. The smallest absolute Gasteiger partial charge is 0.200 e. The Hall–Kier alpha value is -0.0831. The fourth-order valence-corrected chi connectivity index (χ4v) is 3.19. The van der Waals surface area contributed by atoms with Gasteiger partial charge in [-0.1, -0.05) is 18.2 Å². The monoisotopic (exact) mass is 142 g/mol. The molecule has 1 saturated heterocycles. The molecule has 0 spiro atoms. The average Bonchev–Trinajstić information content (AvgIpc) is 1.91. The molecule has 1 fully saturated rings. The molecule has 1 rings (SSSR count). The predicted molar refractivity (Wildman–Crippen MR) is 42.0 cm³/mol. The maximum Gasteiger partial charge on any atom is 0.200 e. The summed E-state index contributed by atoms with van der Waals surface area (Å²) in [4.78, 5) is 0. The van der Waals surface area contributed by atoms with Crippen molar-refractivity contribution in [3.63, 3.8) is 0 Å². The van der Waals surface area contributed by atoms with E-state index < -0.39 is 9.04 Å². The summed E-state index contributed by atoms with van der Waals surface area (Å²) in [5.74, 6) is 0. The number of allylic oxidation sites excluding steroid dienone is 1. The van der Waals surface area contributed by atoms with Crippen LogP contribution >= 0.6 is 0 Å². The Balaban J connectivity index is 2.23. The molecule has 1 heterocycles. The van der Waals surface area contributed by atoms with Crippen LogP contribution in [0.5, 0.6) is 0 Å². The Morgan fingerprint density at radius 3 is 2.89 bits per heavy atom. The van der Waals surface area contributed by atoms with Crippen molar-refractivity contribution in [3.05, 3.63) is 11.8 Å². The lowest BCUT2D eigenvalue weighted by Crippen LogP contribution is -2.20. The van der Waals surface area contributed by atoms with Gasteiger partial charge in [-0.15, -0.1) is 0 Å². The van der Waals surface area contributed by atoms with Gasteiger partial charge >= 0.3 is 0 Å². The largest absolute Gasteiger partial charge is 0.416 e. The van der Waals surface area contributed by atoms with E-state index in [-0.39, 0.29) is 0 Å². The summed E-state index contributed by atoms with van der Waals surface area (Å²) < 4.78 is 5.57. The molecule has 0 aliphatic carbocycles. The van der Waals surface area contributed by atoms with Crippen LogP contribution in [0.3, 0.4) is 0 Å². The molecule has 1 aliphatic heterocycles. The van der Waals surface area contributed by atoms with Gasteiger partial charge in [-0.25, -0.2) is 0 Å². The number of hydrogen-bond donors (Lipinski definition) is 0. The molecule has 0 radical (unpaired) electrons. The molecule has 52 valence electrons. The predicted octanol–water partition coefficient (Wildman–Crippen LogP) is 1.64. The molecule has 9 heavy (non-hydrogen) atoms. The molecule has 1 atom stereocenters. The molecule has 0 saturated carbocycles. The highest BCUT2D eigenvalue weighted by Crippen LogP contribution is 2.10. The quantitative estimate of drug-likeness (QED) is 0.506. The van der Waals surface area contributed by atoms with Crippen molar-refractivity contribution >= 4 is 9.04 Å². The van der Waals surface area contributed by atoms with Crippen molar-refractivity contribution < 1.29 is 4.43 Å². The summed E-state index contributed by atoms with van der Waals surface area (Å²) in [5, 5.41) is 0. The van der Waals surface area contributed by atoms with E-state index in [0.717, 1.165) is 6.61 Å². The van der Waals surface area contributed by atoms with Crippen molar-refractivity contribution in [2.45, 2.75) is 25.8 Å². The Kier molecular flexibility index (Phi) is 3.01. The molecule has 2 heteroatoms. The third-order valence-electron chi connectivity index (χ3n) is 1.62. The molecular weight excluding hydrogens is 128 g/mol. The Morgan fingerprint density at radius 1 is 1.44 bits per heavy atom. The zero-order valence-corrected chi connectivity index (χ0v) is 7.12. The molecule has 0 bridgehead atoms. The van der Waals surface area contributed by atoms with E-state index in [0.29, 0.717) is 0 Å². The van der Waals surface area contributed by atoms with Crippen LogP contribution in [0.1, 0.15) is 19.8 Å². The average molecular weight is 142 g/mol. The fraction of sp³-hybridized carbons (Fsp3) is 0.714. The van der Waals surface area contributed by atoms with E-state index in [9.17, 15) is 0 Å². The second-order valence-corrected chi connectivity index (χ2v) is 4.80. The van der Waals surface area contributed by atoms with Crippen LogP contribution in [0.15, 0.2) is 11.8 Å². The first kappa shape index (κ1) is 7.03. The Labute approximate surface area is 58.4 Å². The molecule has 0 aromatic heterocycles. The first-order chi connectivity index (χ1) is 4.43. The lowest BCUT2D eigenvalue weighted by molar-refractivity contribution is 0.294. The van der Waals surface area contributed by atoms with Crippen molar-refractivity contribution in [2.75, 3.05) is 6.61 Å². The van der Waals surface area contributed by atoms with Gasteiger partial charge in [0.2, 0.25) is 9.04 Å². The maximum absolute atomic E-state index is 5.57. The molecule has 0 aromatic carbocycles. The summed E-state index contributed by atoms with van der Waals surface area (Å²) in [6, 6.07) is 1.35. The molecule has 0 N–H and O–H groups in total. The van der Waals surface area contributed by atoms with Gasteiger partial charge < -0.3 is 4.43 Å². The van der Waals surface area contributed by atoms with Crippen LogP contribution < -0.4 is 0 Å². The second-order valence-electron chi connectivity index (χ2n) is 2.43. The molecule has 0 amide bonds. The molecule has 1 unspecified atom stereocenters. The van der Waals surface area contributed by atoms with E-state index in [1.54, 1.807) is 0 Å². The minimum absolute atomic E-state index is 0.807. The van der Waals surface area contributed by atoms with Crippen LogP contribution in [-0.4, -0.2) is 15.6 Å². The fourth-order valence-electron chi connectivity index (χ4n) is 1.13. The van der Waals surface area contributed by atoms with Gasteiger partial charge in [0.25, 0.3) is 0 Å². The van der Waals surface area contributed by atoms with Crippen molar-refractivity contribution in [1.29, 1.82) is 0 Å². The highest BCUT2D eigenvalue weighted by atomic mass is 28.3.